The summed E-state index contributed by atoms with van der Waals surface area (Å²) < 4.78 is 52.2. The highest BCUT2D eigenvalue weighted by Gasteiger charge is 2.30. The first kappa shape index (κ1) is 16.9. The summed E-state index contributed by atoms with van der Waals surface area (Å²) in [6.07, 6.45) is -2.81. The van der Waals surface area contributed by atoms with Gasteiger partial charge in [-0.05, 0) is 29.8 Å². The van der Waals surface area contributed by atoms with Crippen LogP contribution in [0, 0.1) is 5.82 Å². The van der Waals surface area contributed by atoms with Crippen LogP contribution in [0.25, 0.3) is 11.3 Å². The average Bonchev–Trinajstić information content (AvgIpc) is 2.95. The third-order valence-corrected chi connectivity index (χ3v) is 3.58. The number of rotatable bonds is 3. The van der Waals surface area contributed by atoms with Gasteiger partial charge in [-0.2, -0.15) is 18.3 Å². The molecule has 3 aromatic rings. The third-order valence-electron chi connectivity index (χ3n) is 3.58. The number of aliphatic imine (C=N–C) groups is 1. The predicted molar refractivity (Wildman–Crippen MR) is 87.3 cm³/mol. The number of hydrogen-bond acceptors (Lipinski definition) is 2. The minimum atomic E-state index is -4.37. The topological polar surface area (TPSA) is 30.2 Å². The van der Waals surface area contributed by atoms with Gasteiger partial charge in [-0.3, -0.25) is 4.68 Å². The molecule has 3 nitrogen and oxygen atoms in total. The van der Waals surface area contributed by atoms with Crippen molar-refractivity contribution in [1.29, 1.82) is 0 Å². The monoisotopic (exact) mass is 347 g/mol. The van der Waals surface area contributed by atoms with Crippen LogP contribution in [0.3, 0.4) is 0 Å². The molecule has 2 aromatic carbocycles. The third kappa shape index (κ3) is 3.93. The van der Waals surface area contributed by atoms with E-state index in [0.29, 0.717) is 17.1 Å². The maximum absolute atomic E-state index is 12.9. The second-order valence-corrected chi connectivity index (χ2v) is 5.40. The summed E-state index contributed by atoms with van der Waals surface area (Å²) in [5.41, 5.74) is 1.09. The number of alkyl halides is 3. The van der Waals surface area contributed by atoms with Crippen LogP contribution in [0.1, 0.15) is 11.1 Å². The van der Waals surface area contributed by atoms with Crippen LogP contribution < -0.4 is 0 Å². The average molecular weight is 347 g/mol. The molecule has 0 aliphatic carbocycles. The van der Waals surface area contributed by atoms with Crippen molar-refractivity contribution in [2.75, 3.05) is 0 Å². The molecule has 0 unspecified atom stereocenters. The van der Waals surface area contributed by atoms with Crippen molar-refractivity contribution >= 4 is 12.0 Å². The van der Waals surface area contributed by atoms with Crippen molar-refractivity contribution in [3.8, 4) is 11.3 Å². The van der Waals surface area contributed by atoms with Gasteiger partial charge in [-0.15, -0.1) is 0 Å². The second-order valence-electron chi connectivity index (χ2n) is 5.40. The molecule has 0 amide bonds. The zero-order chi connectivity index (χ0) is 18.0. The van der Waals surface area contributed by atoms with Gasteiger partial charge in [0.15, 0.2) is 5.82 Å². The van der Waals surface area contributed by atoms with E-state index in [2.05, 4.69) is 10.1 Å². The molecule has 0 bridgehead atoms. The smallest absolute Gasteiger partial charge is 0.250 e. The molecule has 25 heavy (non-hydrogen) atoms. The number of aryl methyl sites for hydroxylation is 1. The lowest BCUT2D eigenvalue weighted by Crippen LogP contribution is -2.04. The van der Waals surface area contributed by atoms with Crippen LogP contribution in [0.4, 0.5) is 23.4 Å². The molecule has 1 aromatic heterocycles. The van der Waals surface area contributed by atoms with Crippen molar-refractivity contribution in [3.05, 3.63) is 71.5 Å². The standard InChI is InChI=1S/C18H13F4N3/c1-25-17(23-11-12-2-8-15(19)9-3-12)10-16(24-25)13-4-6-14(7-5-13)18(20,21)22/h2-11H,1H3/b23-11+. The Labute approximate surface area is 141 Å². The minimum Gasteiger partial charge on any atom is -0.250 e. The van der Waals surface area contributed by atoms with E-state index in [0.717, 1.165) is 17.7 Å². The van der Waals surface area contributed by atoms with E-state index in [1.165, 1.54) is 28.9 Å². The zero-order valence-electron chi connectivity index (χ0n) is 13.1. The molecule has 1 heterocycles. The molecule has 0 aliphatic rings. The minimum absolute atomic E-state index is 0.331. The highest BCUT2D eigenvalue weighted by Crippen LogP contribution is 2.31. The normalized spacial score (nSPS) is 12.0. The lowest BCUT2D eigenvalue weighted by Gasteiger charge is -2.06. The summed E-state index contributed by atoms with van der Waals surface area (Å²) in [6.45, 7) is 0. The fourth-order valence-corrected chi connectivity index (χ4v) is 2.24. The van der Waals surface area contributed by atoms with Crippen molar-refractivity contribution in [3.63, 3.8) is 0 Å². The van der Waals surface area contributed by atoms with E-state index in [-0.39, 0.29) is 5.82 Å². The number of nitrogens with zero attached hydrogens (tertiary/aromatic N) is 3. The lowest BCUT2D eigenvalue weighted by molar-refractivity contribution is -0.137. The Morgan fingerprint density at radius 3 is 2.24 bits per heavy atom. The van der Waals surface area contributed by atoms with Crippen LogP contribution in [-0.2, 0) is 13.2 Å². The Balaban J connectivity index is 1.83. The van der Waals surface area contributed by atoms with Crippen LogP contribution in [0.15, 0.2) is 59.6 Å². The number of halogens is 4. The Kier molecular flexibility index (Phi) is 4.39. The van der Waals surface area contributed by atoms with Gasteiger partial charge in [0.2, 0.25) is 0 Å². The van der Waals surface area contributed by atoms with E-state index < -0.39 is 11.7 Å². The van der Waals surface area contributed by atoms with Gasteiger partial charge < -0.3 is 0 Å². The number of benzene rings is 2. The highest BCUT2D eigenvalue weighted by atomic mass is 19.4. The summed E-state index contributed by atoms with van der Waals surface area (Å²) in [4.78, 5) is 4.28. The van der Waals surface area contributed by atoms with Gasteiger partial charge in [0.05, 0.1) is 11.3 Å². The van der Waals surface area contributed by atoms with E-state index in [1.54, 1.807) is 31.5 Å². The van der Waals surface area contributed by atoms with E-state index in [4.69, 9.17) is 0 Å². The molecule has 3 rings (SSSR count). The Hall–Kier alpha value is -2.96. The van der Waals surface area contributed by atoms with Crippen molar-refractivity contribution in [2.45, 2.75) is 6.18 Å². The first-order chi connectivity index (χ1) is 11.8. The fraction of sp³-hybridized carbons (Fsp3) is 0.111. The largest absolute Gasteiger partial charge is 0.416 e. The number of aromatic nitrogens is 2. The zero-order valence-corrected chi connectivity index (χ0v) is 13.1. The fourth-order valence-electron chi connectivity index (χ4n) is 2.24. The molecule has 0 radical (unpaired) electrons. The van der Waals surface area contributed by atoms with Gasteiger partial charge in [-0.1, -0.05) is 24.3 Å². The summed E-state index contributed by atoms with van der Waals surface area (Å²) in [5.74, 6) is 0.196. The van der Waals surface area contributed by atoms with Gasteiger partial charge in [0, 0.05) is 24.9 Å². The molecule has 0 aliphatic heterocycles. The van der Waals surface area contributed by atoms with Gasteiger partial charge >= 0.3 is 6.18 Å². The van der Waals surface area contributed by atoms with Crippen molar-refractivity contribution in [1.82, 2.24) is 9.78 Å². The highest BCUT2D eigenvalue weighted by molar-refractivity contribution is 5.81. The molecular weight excluding hydrogens is 334 g/mol. The molecule has 0 fully saturated rings. The molecule has 128 valence electrons. The summed E-state index contributed by atoms with van der Waals surface area (Å²) in [5, 5.41) is 4.26. The van der Waals surface area contributed by atoms with E-state index >= 15 is 0 Å². The first-order valence-corrected chi connectivity index (χ1v) is 7.34. The van der Waals surface area contributed by atoms with Gasteiger partial charge in [-0.25, -0.2) is 9.38 Å². The van der Waals surface area contributed by atoms with Crippen molar-refractivity contribution in [2.24, 2.45) is 12.0 Å². The molecule has 0 atom stereocenters. The van der Waals surface area contributed by atoms with Crippen LogP contribution in [-0.4, -0.2) is 16.0 Å². The molecule has 0 saturated heterocycles. The lowest BCUT2D eigenvalue weighted by atomic mass is 10.1. The van der Waals surface area contributed by atoms with Gasteiger partial charge in [0.1, 0.15) is 5.82 Å². The Bertz CT molecular complexity index is 892. The molecule has 0 spiro atoms. The first-order valence-electron chi connectivity index (χ1n) is 7.34. The molecule has 0 N–H and O–H groups in total. The van der Waals surface area contributed by atoms with Crippen LogP contribution in [0.5, 0.6) is 0 Å². The van der Waals surface area contributed by atoms with Crippen molar-refractivity contribution < 1.29 is 17.6 Å². The Morgan fingerprint density at radius 2 is 1.64 bits per heavy atom. The summed E-state index contributed by atoms with van der Waals surface area (Å²) in [6, 6.07) is 12.3. The molecule has 0 saturated carbocycles. The van der Waals surface area contributed by atoms with Crippen LogP contribution >= 0.6 is 0 Å². The summed E-state index contributed by atoms with van der Waals surface area (Å²) in [7, 11) is 1.69. The second kappa shape index (κ2) is 6.51. The van der Waals surface area contributed by atoms with Gasteiger partial charge in [0.25, 0.3) is 0 Å². The van der Waals surface area contributed by atoms with Crippen LogP contribution in [0.2, 0.25) is 0 Å². The quantitative estimate of drug-likeness (QED) is 0.485. The maximum atomic E-state index is 12.9. The number of hydrogen-bond donors (Lipinski definition) is 0. The molecule has 7 heteroatoms. The van der Waals surface area contributed by atoms with E-state index in [9.17, 15) is 17.6 Å². The maximum Gasteiger partial charge on any atom is 0.416 e. The predicted octanol–water partition coefficient (Wildman–Crippen LogP) is 5.00. The van der Waals surface area contributed by atoms with E-state index in [1.807, 2.05) is 0 Å². The summed E-state index contributed by atoms with van der Waals surface area (Å²) >= 11 is 0. The Morgan fingerprint density at radius 1 is 1.00 bits per heavy atom. The SMILES string of the molecule is Cn1nc(-c2ccc(C(F)(F)F)cc2)cc1/N=C/c1ccc(F)cc1. The molecular formula is C18H13F4N3.